The van der Waals surface area contributed by atoms with Crippen molar-refractivity contribution in [3.63, 3.8) is 0 Å². The average molecular weight is 459 g/mol. The van der Waals surface area contributed by atoms with Crippen LogP contribution in [0.15, 0.2) is 42.5 Å². The molecule has 0 aliphatic heterocycles. The minimum Gasteiger partial charge on any atom is -0.497 e. The average Bonchev–Trinajstić information content (AvgIpc) is 3.63. The summed E-state index contributed by atoms with van der Waals surface area (Å²) in [4.78, 5) is 11.5. The van der Waals surface area contributed by atoms with E-state index in [1.807, 2.05) is 6.07 Å². The van der Waals surface area contributed by atoms with Crippen LogP contribution in [0.5, 0.6) is 11.5 Å². The SMILES string of the molecule is COc1ccc(F)c([C@H]2CC[C@H](COc3cccc([C@H](C4CC4)C(C)(F)C(=O)O)c3)CC2)c1. The van der Waals surface area contributed by atoms with Gasteiger partial charge in [-0.25, -0.2) is 13.6 Å². The van der Waals surface area contributed by atoms with Crippen LogP contribution in [0.4, 0.5) is 8.78 Å². The molecule has 0 bridgehead atoms. The Morgan fingerprint density at radius 3 is 2.45 bits per heavy atom. The molecule has 0 spiro atoms. The van der Waals surface area contributed by atoms with Crippen molar-refractivity contribution in [3.05, 3.63) is 59.4 Å². The first-order valence-corrected chi connectivity index (χ1v) is 11.8. The second-order valence-electron chi connectivity index (χ2n) is 9.68. The third-order valence-corrected chi connectivity index (χ3v) is 7.29. The molecule has 2 aliphatic carbocycles. The lowest BCUT2D eigenvalue weighted by molar-refractivity contribution is -0.151. The molecule has 4 nitrogen and oxygen atoms in total. The predicted octanol–water partition coefficient (Wildman–Crippen LogP) is 6.49. The van der Waals surface area contributed by atoms with E-state index in [1.54, 1.807) is 37.4 Å². The van der Waals surface area contributed by atoms with Crippen molar-refractivity contribution in [2.45, 2.75) is 63.0 Å². The lowest BCUT2D eigenvalue weighted by atomic mass is 9.79. The molecule has 178 valence electrons. The molecule has 2 aromatic rings. The number of rotatable bonds is 9. The number of carbonyl (C=O) groups is 1. The first-order chi connectivity index (χ1) is 15.8. The number of carboxylic acid groups (broad SMARTS) is 1. The van der Waals surface area contributed by atoms with Crippen LogP contribution in [0.2, 0.25) is 0 Å². The second-order valence-corrected chi connectivity index (χ2v) is 9.68. The number of benzene rings is 2. The first-order valence-electron chi connectivity index (χ1n) is 11.8. The summed E-state index contributed by atoms with van der Waals surface area (Å²) in [6.45, 7) is 1.70. The number of hydrogen-bond acceptors (Lipinski definition) is 3. The van der Waals surface area contributed by atoms with Gasteiger partial charge in [-0.2, -0.15) is 0 Å². The zero-order valence-corrected chi connectivity index (χ0v) is 19.2. The van der Waals surface area contributed by atoms with Crippen molar-refractivity contribution in [1.82, 2.24) is 0 Å². The maximum Gasteiger partial charge on any atom is 0.341 e. The molecule has 33 heavy (non-hydrogen) atoms. The number of halogens is 2. The summed E-state index contributed by atoms with van der Waals surface area (Å²) in [6, 6.07) is 12.1. The molecule has 6 heteroatoms. The molecular weight excluding hydrogens is 426 g/mol. The topological polar surface area (TPSA) is 55.8 Å². The Morgan fingerprint density at radius 2 is 1.82 bits per heavy atom. The van der Waals surface area contributed by atoms with Gasteiger partial charge in [0.2, 0.25) is 5.67 Å². The lowest BCUT2D eigenvalue weighted by Crippen LogP contribution is -2.38. The van der Waals surface area contributed by atoms with Crippen LogP contribution >= 0.6 is 0 Å². The normalized spacial score (nSPS) is 23.4. The van der Waals surface area contributed by atoms with Crippen LogP contribution < -0.4 is 9.47 Å². The monoisotopic (exact) mass is 458 g/mol. The lowest BCUT2D eigenvalue weighted by Gasteiger charge is -2.29. The van der Waals surface area contributed by atoms with Crippen LogP contribution in [-0.4, -0.2) is 30.5 Å². The molecule has 2 aliphatic rings. The van der Waals surface area contributed by atoms with Gasteiger partial charge in [0, 0.05) is 5.92 Å². The van der Waals surface area contributed by atoms with E-state index in [0.717, 1.165) is 51.0 Å². The molecule has 1 N–H and O–H groups in total. The Bertz CT molecular complexity index is 978. The van der Waals surface area contributed by atoms with Crippen LogP contribution in [0.1, 0.15) is 68.4 Å². The minimum absolute atomic E-state index is 0.0543. The molecule has 1 unspecified atom stereocenters. The van der Waals surface area contributed by atoms with Crippen LogP contribution in [0.25, 0.3) is 0 Å². The second kappa shape index (κ2) is 9.70. The van der Waals surface area contributed by atoms with Gasteiger partial charge in [-0.05, 0) is 105 Å². The summed E-state index contributed by atoms with van der Waals surface area (Å²) in [6.07, 6.45) is 5.35. The highest BCUT2D eigenvalue weighted by Gasteiger charge is 2.50. The van der Waals surface area contributed by atoms with E-state index in [2.05, 4.69) is 0 Å². The van der Waals surface area contributed by atoms with E-state index in [9.17, 15) is 14.3 Å². The zero-order chi connectivity index (χ0) is 23.6. The minimum atomic E-state index is -2.31. The molecule has 2 atom stereocenters. The third-order valence-electron chi connectivity index (χ3n) is 7.29. The molecule has 4 rings (SSSR count). The van der Waals surface area contributed by atoms with E-state index in [-0.39, 0.29) is 17.7 Å². The highest BCUT2D eigenvalue weighted by molar-refractivity contribution is 5.78. The van der Waals surface area contributed by atoms with Crippen molar-refractivity contribution in [1.29, 1.82) is 0 Å². The van der Waals surface area contributed by atoms with Crippen LogP contribution in [-0.2, 0) is 4.79 Å². The van der Waals surface area contributed by atoms with Gasteiger partial charge in [-0.15, -0.1) is 0 Å². The molecule has 0 saturated heterocycles. The highest BCUT2D eigenvalue weighted by atomic mass is 19.1. The maximum absolute atomic E-state index is 15.0. The van der Waals surface area contributed by atoms with E-state index >= 15 is 4.39 Å². The number of hydrogen-bond donors (Lipinski definition) is 1. The third kappa shape index (κ3) is 5.31. The van der Waals surface area contributed by atoms with Gasteiger partial charge in [-0.1, -0.05) is 12.1 Å². The molecule has 0 heterocycles. The van der Waals surface area contributed by atoms with Gasteiger partial charge >= 0.3 is 5.97 Å². The van der Waals surface area contributed by atoms with E-state index in [4.69, 9.17) is 9.47 Å². The summed E-state index contributed by atoms with van der Waals surface area (Å²) in [5.74, 6) is -0.367. The standard InChI is InChI=1S/C27H32F2O4/c1-27(29,26(30)31)25(19-10-11-19)20-4-3-5-22(14-20)33-16-17-6-8-18(9-7-17)23-15-21(32-2)12-13-24(23)28/h3-5,12-15,17-19,25H,6-11,16H2,1-2H3,(H,30,31)/t17-,18-,25-,27?/m0/s1. The number of carboxylic acids is 1. The van der Waals surface area contributed by atoms with Crippen molar-refractivity contribution in [2.75, 3.05) is 13.7 Å². The maximum atomic E-state index is 15.0. The fourth-order valence-electron chi connectivity index (χ4n) is 5.20. The Hall–Kier alpha value is -2.63. The number of aliphatic carboxylic acids is 1. The van der Waals surface area contributed by atoms with Gasteiger partial charge in [0.1, 0.15) is 17.3 Å². The summed E-state index contributed by atoms with van der Waals surface area (Å²) < 4.78 is 40.6. The molecular formula is C27H32F2O4. The fraction of sp³-hybridized carbons (Fsp3) is 0.519. The Labute approximate surface area is 193 Å². The molecule has 0 amide bonds. The largest absolute Gasteiger partial charge is 0.497 e. The van der Waals surface area contributed by atoms with Gasteiger partial charge in [0.15, 0.2) is 0 Å². The first kappa shape index (κ1) is 23.5. The molecule has 2 fully saturated rings. The van der Waals surface area contributed by atoms with Crippen molar-refractivity contribution in [2.24, 2.45) is 11.8 Å². The Morgan fingerprint density at radius 1 is 1.09 bits per heavy atom. The van der Waals surface area contributed by atoms with Gasteiger partial charge in [0.25, 0.3) is 0 Å². The Balaban J connectivity index is 1.36. The number of methoxy groups -OCH3 is 1. The highest BCUT2D eigenvalue weighted by Crippen LogP contribution is 2.50. The fourth-order valence-corrected chi connectivity index (χ4v) is 5.20. The van der Waals surface area contributed by atoms with Crippen molar-refractivity contribution >= 4 is 5.97 Å². The van der Waals surface area contributed by atoms with Crippen molar-refractivity contribution in [3.8, 4) is 11.5 Å². The van der Waals surface area contributed by atoms with Crippen LogP contribution in [0.3, 0.4) is 0 Å². The number of ether oxygens (including phenoxy) is 2. The Kier molecular flexibility index (Phi) is 6.91. The molecule has 2 saturated carbocycles. The predicted molar refractivity (Wildman–Crippen MR) is 122 cm³/mol. The van der Waals surface area contributed by atoms with Gasteiger partial charge < -0.3 is 14.6 Å². The molecule has 0 radical (unpaired) electrons. The zero-order valence-electron chi connectivity index (χ0n) is 19.2. The summed E-state index contributed by atoms with van der Waals surface area (Å²) in [7, 11) is 1.59. The van der Waals surface area contributed by atoms with Gasteiger partial charge in [0.05, 0.1) is 13.7 Å². The van der Waals surface area contributed by atoms with Crippen LogP contribution in [0, 0.1) is 17.7 Å². The molecule has 0 aromatic heterocycles. The molecule has 2 aromatic carbocycles. The summed E-state index contributed by atoms with van der Waals surface area (Å²) in [5.41, 5.74) is -0.909. The smallest absolute Gasteiger partial charge is 0.341 e. The van der Waals surface area contributed by atoms with E-state index < -0.39 is 17.6 Å². The van der Waals surface area contributed by atoms with Gasteiger partial charge in [-0.3, -0.25) is 0 Å². The summed E-state index contributed by atoms with van der Waals surface area (Å²) in [5, 5.41) is 9.41. The van der Waals surface area contributed by atoms with E-state index in [0.29, 0.717) is 29.6 Å². The van der Waals surface area contributed by atoms with E-state index in [1.165, 1.54) is 6.07 Å². The number of alkyl halides is 1. The summed E-state index contributed by atoms with van der Waals surface area (Å²) >= 11 is 0. The quantitative estimate of drug-likeness (QED) is 0.466. The van der Waals surface area contributed by atoms with Crippen molar-refractivity contribution < 1.29 is 28.2 Å².